The van der Waals surface area contributed by atoms with Gasteiger partial charge in [-0.25, -0.2) is 0 Å². The van der Waals surface area contributed by atoms with Gasteiger partial charge < -0.3 is 5.32 Å². The molecule has 0 heterocycles. The Morgan fingerprint density at radius 3 is 2.00 bits per heavy atom. The van der Waals surface area contributed by atoms with Gasteiger partial charge in [-0.05, 0) is 44.1 Å². The Hall–Kier alpha value is -0.0400. The summed E-state index contributed by atoms with van der Waals surface area (Å²) in [6, 6.07) is 0.907. The fraction of sp³-hybridized carbons (Fsp3) is 1.00. The molecule has 2 saturated carbocycles. The third-order valence-electron chi connectivity index (χ3n) is 3.27. The fourth-order valence-electron chi connectivity index (χ4n) is 2.82. The highest BCUT2D eigenvalue weighted by atomic mass is 14.9. The van der Waals surface area contributed by atoms with Crippen molar-refractivity contribution in [3.63, 3.8) is 0 Å². The first kappa shape index (κ1) is 6.66. The molecule has 0 atom stereocenters. The lowest BCUT2D eigenvalue weighted by atomic mass is 10.0. The molecule has 2 rings (SSSR count). The van der Waals surface area contributed by atoms with E-state index in [-0.39, 0.29) is 0 Å². The lowest BCUT2D eigenvalue weighted by Gasteiger charge is -2.15. The predicted octanol–water partition coefficient (Wildman–Crippen LogP) is 1.78. The van der Waals surface area contributed by atoms with Crippen molar-refractivity contribution < 1.29 is 0 Å². The number of hydrogen-bond acceptors (Lipinski definition) is 1. The topological polar surface area (TPSA) is 12.0 Å². The van der Waals surface area contributed by atoms with Crippen molar-refractivity contribution in [2.45, 2.75) is 38.6 Å². The molecular formula is C9H17N. The first-order valence-electron chi connectivity index (χ1n) is 4.65. The molecular weight excluding hydrogens is 122 g/mol. The van der Waals surface area contributed by atoms with Gasteiger partial charge in [-0.15, -0.1) is 0 Å². The van der Waals surface area contributed by atoms with Gasteiger partial charge in [0, 0.05) is 6.04 Å². The van der Waals surface area contributed by atoms with E-state index in [1.54, 1.807) is 0 Å². The molecule has 2 bridgehead atoms. The van der Waals surface area contributed by atoms with E-state index in [0.29, 0.717) is 0 Å². The van der Waals surface area contributed by atoms with Gasteiger partial charge in [0.2, 0.25) is 0 Å². The second-order valence-electron chi connectivity index (χ2n) is 3.76. The zero-order chi connectivity index (χ0) is 6.97. The highest BCUT2D eigenvalue weighted by Crippen LogP contribution is 2.44. The average Bonchev–Trinajstić information content (AvgIpc) is 2.50. The molecule has 58 valence electrons. The molecule has 0 aromatic rings. The molecule has 1 N–H and O–H groups in total. The minimum absolute atomic E-state index is 0.907. The largest absolute Gasteiger partial charge is 0.314 e. The minimum atomic E-state index is 0.907. The van der Waals surface area contributed by atoms with Gasteiger partial charge in [-0.1, -0.05) is 6.92 Å². The molecule has 2 aliphatic carbocycles. The number of fused-ring (bicyclic) bond motifs is 2. The van der Waals surface area contributed by atoms with Crippen molar-refractivity contribution in [2.75, 3.05) is 6.54 Å². The van der Waals surface area contributed by atoms with Crippen LogP contribution < -0.4 is 5.32 Å². The third kappa shape index (κ3) is 0.878. The molecule has 0 saturated heterocycles. The Labute approximate surface area is 63.2 Å². The Morgan fingerprint density at radius 1 is 1.10 bits per heavy atom. The molecule has 1 nitrogen and oxygen atoms in total. The molecule has 0 spiro atoms. The van der Waals surface area contributed by atoms with Crippen molar-refractivity contribution in [2.24, 2.45) is 11.8 Å². The summed E-state index contributed by atoms with van der Waals surface area (Å²) < 4.78 is 0. The van der Waals surface area contributed by atoms with Crippen LogP contribution in [-0.4, -0.2) is 12.6 Å². The van der Waals surface area contributed by atoms with E-state index in [1.807, 2.05) is 0 Å². The smallest absolute Gasteiger partial charge is 0.0123 e. The quantitative estimate of drug-likeness (QED) is 0.615. The molecule has 0 unspecified atom stereocenters. The standard InChI is InChI=1S/C9H17N/c1-2-10-9-7-3-4-8(9)6-5-7/h7-10H,2-6H2,1H3. The van der Waals surface area contributed by atoms with E-state index in [1.165, 1.54) is 25.7 Å². The van der Waals surface area contributed by atoms with Gasteiger partial charge in [0.25, 0.3) is 0 Å². The van der Waals surface area contributed by atoms with Crippen LogP contribution in [0.3, 0.4) is 0 Å². The number of rotatable bonds is 2. The normalized spacial score (nSPS) is 44.7. The second kappa shape index (κ2) is 2.54. The van der Waals surface area contributed by atoms with Gasteiger partial charge in [-0.3, -0.25) is 0 Å². The van der Waals surface area contributed by atoms with Gasteiger partial charge in [0.1, 0.15) is 0 Å². The van der Waals surface area contributed by atoms with Crippen LogP contribution in [0.1, 0.15) is 32.6 Å². The maximum atomic E-state index is 3.61. The summed E-state index contributed by atoms with van der Waals surface area (Å²) in [6.07, 6.45) is 6.01. The minimum Gasteiger partial charge on any atom is -0.314 e. The summed E-state index contributed by atoms with van der Waals surface area (Å²) in [5, 5.41) is 3.61. The van der Waals surface area contributed by atoms with Crippen LogP contribution >= 0.6 is 0 Å². The van der Waals surface area contributed by atoms with Gasteiger partial charge in [0.15, 0.2) is 0 Å². The summed E-state index contributed by atoms with van der Waals surface area (Å²) in [6.45, 7) is 3.38. The molecule has 1 heteroatoms. The summed E-state index contributed by atoms with van der Waals surface area (Å²) in [4.78, 5) is 0. The number of hydrogen-bond donors (Lipinski definition) is 1. The van der Waals surface area contributed by atoms with Crippen LogP contribution in [0.5, 0.6) is 0 Å². The van der Waals surface area contributed by atoms with Crippen molar-refractivity contribution in [1.82, 2.24) is 5.32 Å². The first-order valence-corrected chi connectivity index (χ1v) is 4.65. The Balaban J connectivity index is 1.96. The monoisotopic (exact) mass is 139 g/mol. The first-order chi connectivity index (χ1) is 4.92. The van der Waals surface area contributed by atoms with Crippen LogP contribution in [0.4, 0.5) is 0 Å². The predicted molar refractivity (Wildman–Crippen MR) is 42.9 cm³/mol. The Bertz CT molecular complexity index is 102. The van der Waals surface area contributed by atoms with Crippen molar-refractivity contribution in [3.05, 3.63) is 0 Å². The van der Waals surface area contributed by atoms with Crippen LogP contribution in [0.15, 0.2) is 0 Å². The van der Waals surface area contributed by atoms with Crippen LogP contribution in [-0.2, 0) is 0 Å². The van der Waals surface area contributed by atoms with E-state index in [4.69, 9.17) is 0 Å². The summed E-state index contributed by atoms with van der Waals surface area (Å²) >= 11 is 0. The van der Waals surface area contributed by atoms with Crippen LogP contribution in [0.25, 0.3) is 0 Å². The molecule has 0 aromatic carbocycles. The Morgan fingerprint density at radius 2 is 1.60 bits per heavy atom. The zero-order valence-electron chi connectivity index (χ0n) is 6.77. The lowest BCUT2D eigenvalue weighted by molar-refractivity contribution is 0.428. The lowest BCUT2D eigenvalue weighted by Crippen LogP contribution is -2.32. The van der Waals surface area contributed by atoms with E-state index in [9.17, 15) is 0 Å². The molecule has 0 aromatic heterocycles. The van der Waals surface area contributed by atoms with Crippen molar-refractivity contribution >= 4 is 0 Å². The van der Waals surface area contributed by atoms with Gasteiger partial charge in [-0.2, -0.15) is 0 Å². The third-order valence-corrected chi connectivity index (χ3v) is 3.27. The van der Waals surface area contributed by atoms with Crippen LogP contribution in [0.2, 0.25) is 0 Å². The van der Waals surface area contributed by atoms with Crippen molar-refractivity contribution in [3.8, 4) is 0 Å². The molecule has 0 radical (unpaired) electrons. The van der Waals surface area contributed by atoms with E-state index < -0.39 is 0 Å². The van der Waals surface area contributed by atoms with Crippen molar-refractivity contribution in [1.29, 1.82) is 0 Å². The molecule has 10 heavy (non-hydrogen) atoms. The van der Waals surface area contributed by atoms with E-state index >= 15 is 0 Å². The average molecular weight is 139 g/mol. The maximum Gasteiger partial charge on any atom is 0.0123 e. The highest BCUT2D eigenvalue weighted by Gasteiger charge is 2.40. The SMILES string of the molecule is CCNC1C2CCC1CC2. The molecule has 2 fully saturated rings. The number of nitrogens with one attached hydrogen (secondary N) is 1. The molecule has 0 amide bonds. The maximum absolute atomic E-state index is 3.61. The zero-order valence-corrected chi connectivity index (χ0v) is 6.77. The van der Waals surface area contributed by atoms with Gasteiger partial charge >= 0.3 is 0 Å². The molecule has 2 aliphatic rings. The van der Waals surface area contributed by atoms with Crippen LogP contribution in [0, 0.1) is 11.8 Å². The summed E-state index contributed by atoms with van der Waals surface area (Å²) in [5.74, 6) is 2.09. The molecule has 0 aliphatic heterocycles. The highest BCUT2D eigenvalue weighted by molar-refractivity contribution is 4.95. The summed E-state index contributed by atoms with van der Waals surface area (Å²) in [7, 11) is 0. The second-order valence-corrected chi connectivity index (χ2v) is 3.76. The Kier molecular flexibility index (Phi) is 1.69. The van der Waals surface area contributed by atoms with Gasteiger partial charge in [0.05, 0.1) is 0 Å². The van der Waals surface area contributed by atoms with E-state index in [2.05, 4.69) is 12.2 Å². The summed E-state index contributed by atoms with van der Waals surface area (Å²) in [5.41, 5.74) is 0. The van der Waals surface area contributed by atoms with E-state index in [0.717, 1.165) is 24.4 Å². The fourth-order valence-corrected chi connectivity index (χ4v) is 2.82.